The second-order valence-corrected chi connectivity index (χ2v) is 15.2. The van der Waals surface area contributed by atoms with Crippen LogP contribution in [0.15, 0.2) is 186 Å². The first-order valence-electron chi connectivity index (χ1n) is 19.9. The van der Waals surface area contributed by atoms with Crippen LogP contribution in [0, 0.1) is 5.92 Å². The molecule has 2 heteroatoms. The van der Waals surface area contributed by atoms with Gasteiger partial charge >= 0.3 is 0 Å². The highest BCUT2D eigenvalue weighted by Crippen LogP contribution is 2.64. The highest BCUT2D eigenvalue weighted by Gasteiger charge is 2.56. The monoisotopic (exact) mass is 714 g/mol. The van der Waals surface area contributed by atoms with Crippen molar-refractivity contribution in [2.45, 2.75) is 57.8 Å². The molecule has 0 heterocycles. The van der Waals surface area contributed by atoms with Gasteiger partial charge in [0, 0.05) is 17.8 Å². The van der Waals surface area contributed by atoms with Gasteiger partial charge in [0.2, 0.25) is 0 Å². The zero-order valence-corrected chi connectivity index (χ0v) is 32.6. The molecule has 0 amide bonds. The fraction of sp³-hybridized carbons (Fsp3) is 0.208. The second kappa shape index (κ2) is 14.8. The summed E-state index contributed by atoms with van der Waals surface area (Å²) in [5.41, 5.74) is 13.7. The predicted molar refractivity (Wildman–Crippen MR) is 235 cm³/mol. The lowest BCUT2D eigenvalue weighted by Crippen LogP contribution is -2.45. The number of fused-ring (bicyclic) bond motifs is 10. The van der Waals surface area contributed by atoms with Gasteiger partial charge in [-0.2, -0.15) is 0 Å². The van der Waals surface area contributed by atoms with E-state index < -0.39 is 10.8 Å². The van der Waals surface area contributed by atoms with Crippen molar-refractivity contribution in [1.29, 1.82) is 0 Å². The smallest absolute Gasteiger partial charge is 0.154 e. The van der Waals surface area contributed by atoms with Gasteiger partial charge in [-0.05, 0) is 106 Å². The Bertz CT molecular complexity index is 2450. The van der Waals surface area contributed by atoms with E-state index in [1.54, 1.807) is 0 Å². The summed E-state index contributed by atoms with van der Waals surface area (Å²) in [5.74, 6) is 1.01. The molecule has 0 bridgehead atoms. The third-order valence-electron chi connectivity index (χ3n) is 12.2. The van der Waals surface area contributed by atoms with Crippen LogP contribution in [0.1, 0.15) is 85.9 Å². The molecule has 272 valence electrons. The average Bonchev–Trinajstić information content (AvgIpc) is 3.52. The molecule has 0 saturated heterocycles. The fourth-order valence-corrected chi connectivity index (χ4v) is 9.45. The van der Waals surface area contributed by atoms with Crippen LogP contribution in [0.3, 0.4) is 0 Å². The van der Waals surface area contributed by atoms with Crippen LogP contribution < -0.4 is 0 Å². The first-order valence-corrected chi connectivity index (χ1v) is 19.9. The van der Waals surface area contributed by atoms with Gasteiger partial charge < -0.3 is 0 Å². The minimum atomic E-state index is -0.624. The molecule has 0 fully saturated rings. The summed E-state index contributed by atoms with van der Waals surface area (Å²) in [6.45, 7) is 19.3. The summed E-state index contributed by atoms with van der Waals surface area (Å²) in [5, 5.41) is 2.42. The van der Waals surface area contributed by atoms with Crippen LogP contribution in [-0.4, -0.2) is 18.1 Å². The molecule has 2 aliphatic rings. The zero-order chi connectivity index (χ0) is 38.2. The Labute approximate surface area is 327 Å². The van der Waals surface area contributed by atoms with Gasteiger partial charge in [0.05, 0.1) is 10.8 Å². The Kier molecular flexibility index (Phi) is 9.70. The zero-order valence-electron chi connectivity index (χ0n) is 32.6. The number of hydrogen-bond donors (Lipinski definition) is 0. The first-order chi connectivity index (χ1) is 26.9. The standard InChI is InChI=1S/C53H50N2/c1-7-9-20-37(4)52(38(5)32-31-36(3)39(6)55-51(54-8-2)42-34-33-40-21-10-11-22-41(40)35-42)47-27-16-18-29-49(47)53(50-30-19-17-28-48(50)52)45-25-14-12-23-43(45)44-24-13-15-26-46(44)53/h9-30,33-36H,4-5,7-8,31-32H2,1-3,6H3/b20-9-,54-51-,55-39+/t36-/m1/s1. The van der Waals surface area contributed by atoms with Crippen molar-refractivity contribution in [3.05, 3.63) is 215 Å². The van der Waals surface area contributed by atoms with Crippen molar-refractivity contribution in [3.8, 4) is 11.1 Å². The van der Waals surface area contributed by atoms with E-state index >= 15 is 0 Å². The number of nitrogens with zero attached hydrogens (tertiary/aromatic N) is 2. The molecule has 0 aliphatic heterocycles. The van der Waals surface area contributed by atoms with E-state index in [4.69, 9.17) is 23.1 Å². The molecule has 6 aromatic carbocycles. The van der Waals surface area contributed by atoms with Crippen LogP contribution >= 0.6 is 0 Å². The normalized spacial score (nSPS) is 15.7. The Morgan fingerprint density at radius 3 is 1.76 bits per heavy atom. The first kappa shape index (κ1) is 36.1. The molecule has 2 aliphatic carbocycles. The number of hydrogen-bond acceptors (Lipinski definition) is 1. The van der Waals surface area contributed by atoms with Crippen molar-refractivity contribution < 1.29 is 0 Å². The summed E-state index contributed by atoms with van der Waals surface area (Å²) < 4.78 is 0. The lowest BCUT2D eigenvalue weighted by Gasteiger charge is -2.50. The summed E-state index contributed by atoms with van der Waals surface area (Å²) in [4.78, 5) is 10.1. The number of benzene rings is 6. The van der Waals surface area contributed by atoms with Gasteiger partial charge in [-0.3, -0.25) is 4.99 Å². The molecule has 1 spiro atoms. The van der Waals surface area contributed by atoms with E-state index in [9.17, 15) is 0 Å². The van der Waals surface area contributed by atoms with Gasteiger partial charge in [-0.25, -0.2) is 4.99 Å². The van der Waals surface area contributed by atoms with Crippen molar-refractivity contribution in [2.24, 2.45) is 15.9 Å². The van der Waals surface area contributed by atoms with Crippen LogP contribution in [0.5, 0.6) is 0 Å². The second-order valence-electron chi connectivity index (χ2n) is 15.2. The molecule has 6 aromatic rings. The number of allylic oxidation sites excluding steroid dienone is 4. The van der Waals surface area contributed by atoms with Crippen LogP contribution in [0.4, 0.5) is 0 Å². The van der Waals surface area contributed by atoms with E-state index in [1.807, 2.05) is 0 Å². The Hall–Kier alpha value is -5.86. The Morgan fingerprint density at radius 1 is 0.655 bits per heavy atom. The molecule has 0 N–H and O–H groups in total. The highest BCUT2D eigenvalue weighted by atomic mass is 14.9. The molecule has 2 nitrogen and oxygen atoms in total. The SMILES string of the molecule is C=C(/C=C\CC)C1(C(=C)CC[C@@H](C)/C(C)=N/C(=N\CC)c2ccc3ccccc3c2)c2ccccc2C2(c3ccccc3-c3ccccc32)c2ccccc21. The maximum absolute atomic E-state index is 5.20. The molecular weight excluding hydrogens is 665 g/mol. The summed E-state index contributed by atoms with van der Waals surface area (Å²) >= 11 is 0. The van der Waals surface area contributed by atoms with Gasteiger partial charge in [-0.15, -0.1) is 0 Å². The fourth-order valence-electron chi connectivity index (χ4n) is 9.45. The van der Waals surface area contributed by atoms with Gasteiger partial charge in [0.25, 0.3) is 0 Å². The molecule has 0 aromatic heterocycles. The van der Waals surface area contributed by atoms with Crippen LogP contribution in [0.25, 0.3) is 21.9 Å². The number of aliphatic imine (C=N–C) groups is 2. The lowest BCUT2D eigenvalue weighted by atomic mass is 9.51. The van der Waals surface area contributed by atoms with E-state index in [0.29, 0.717) is 6.54 Å². The van der Waals surface area contributed by atoms with Crippen LogP contribution in [-0.2, 0) is 10.8 Å². The van der Waals surface area contributed by atoms with Gasteiger partial charge in [-0.1, -0.05) is 178 Å². The molecule has 8 rings (SSSR count). The highest BCUT2D eigenvalue weighted by molar-refractivity contribution is 6.08. The minimum Gasteiger partial charge on any atom is -0.267 e. The van der Waals surface area contributed by atoms with Crippen molar-refractivity contribution >= 4 is 22.3 Å². The van der Waals surface area contributed by atoms with Gasteiger partial charge in [0.1, 0.15) is 0 Å². The van der Waals surface area contributed by atoms with Crippen LogP contribution in [0.2, 0.25) is 0 Å². The van der Waals surface area contributed by atoms with E-state index in [-0.39, 0.29) is 5.92 Å². The molecule has 0 saturated carbocycles. The predicted octanol–water partition coefficient (Wildman–Crippen LogP) is 13.2. The quantitative estimate of drug-likeness (QED) is 0.0583. The maximum atomic E-state index is 5.20. The summed E-state index contributed by atoms with van der Waals surface area (Å²) in [6.07, 6.45) is 7.14. The lowest BCUT2D eigenvalue weighted by molar-refractivity contribution is 0.572. The maximum Gasteiger partial charge on any atom is 0.154 e. The van der Waals surface area contributed by atoms with E-state index in [1.165, 1.54) is 55.3 Å². The summed E-state index contributed by atoms with van der Waals surface area (Å²) in [7, 11) is 0. The largest absolute Gasteiger partial charge is 0.267 e. The minimum absolute atomic E-state index is 0.213. The third kappa shape index (κ3) is 5.70. The van der Waals surface area contributed by atoms with Crippen molar-refractivity contribution in [3.63, 3.8) is 0 Å². The molecule has 0 unspecified atom stereocenters. The summed E-state index contributed by atoms with van der Waals surface area (Å²) in [6, 6.07) is 51.2. The van der Waals surface area contributed by atoms with E-state index in [2.05, 4.69) is 179 Å². The number of amidine groups is 1. The van der Waals surface area contributed by atoms with Crippen molar-refractivity contribution in [1.82, 2.24) is 0 Å². The number of rotatable bonds is 10. The average molecular weight is 715 g/mol. The molecule has 1 atom stereocenters. The third-order valence-corrected chi connectivity index (χ3v) is 12.2. The molecular formula is C53H50N2. The Balaban J connectivity index is 1.23. The molecule has 55 heavy (non-hydrogen) atoms. The van der Waals surface area contributed by atoms with Gasteiger partial charge in [0.15, 0.2) is 5.84 Å². The topological polar surface area (TPSA) is 24.7 Å². The van der Waals surface area contributed by atoms with Crippen molar-refractivity contribution in [2.75, 3.05) is 6.54 Å². The Morgan fingerprint density at radius 2 is 1.18 bits per heavy atom. The van der Waals surface area contributed by atoms with E-state index in [0.717, 1.165) is 47.5 Å². The molecule has 0 radical (unpaired) electrons.